The minimum atomic E-state index is -3.44. The molecule has 106 valence electrons. The van der Waals surface area contributed by atoms with Crippen molar-refractivity contribution in [3.05, 3.63) is 29.3 Å². The van der Waals surface area contributed by atoms with E-state index in [1.807, 2.05) is 6.07 Å². The third-order valence-corrected chi connectivity index (χ3v) is 5.68. The Morgan fingerprint density at radius 3 is 2.74 bits per heavy atom. The molecule has 3 N–H and O–H groups in total. The van der Waals surface area contributed by atoms with Gasteiger partial charge in [-0.25, -0.2) is 13.1 Å². The molecule has 2 rings (SSSR count). The molecule has 2 aromatic rings. The summed E-state index contributed by atoms with van der Waals surface area (Å²) in [6, 6.07) is 6.96. The molecule has 0 amide bonds. The molecular formula is C11H14Cl2N2O2S2. The number of nitrogens with two attached hydrogens (primary N) is 1. The van der Waals surface area contributed by atoms with Gasteiger partial charge in [-0.15, -0.1) is 23.7 Å². The summed E-state index contributed by atoms with van der Waals surface area (Å²) in [5.74, 6) is 0. The minimum Gasteiger partial charge on any atom is -0.330 e. The summed E-state index contributed by atoms with van der Waals surface area (Å²) >= 11 is 7.10. The van der Waals surface area contributed by atoms with Gasteiger partial charge in [0.05, 0.1) is 0 Å². The average Bonchev–Trinajstić information content (AvgIpc) is 2.72. The van der Waals surface area contributed by atoms with Crippen LogP contribution in [0.1, 0.15) is 6.42 Å². The van der Waals surface area contributed by atoms with Crippen molar-refractivity contribution in [1.29, 1.82) is 0 Å². The smallest absolute Gasteiger partial charge is 0.250 e. The first kappa shape index (κ1) is 16.7. The van der Waals surface area contributed by atoms with Crippen molar-refractivity contribution in [1.82, 2.24) is 4.72 Å². The van der Waals surface area contributed by atoms with E-state index in [0.29, 0.717) is 28.7 Å². The van der Waals surface area contributed by atoms with Crippen LogP contribution >= 0.6 is 35.3 Å². The molecule has 1 heterocycles. The number of fused-ring (bicyclic) bond motifs is 1. The molecule has 0 atom stereocenters. The number of benzene rings is 1. The van der Waals surface area contributed by atoms with Crippen LogP contribution in [0.4, 0.5) is 0 Å². The second kappa shape index (κ2) is 6.88. The maximum absolute atomic E-state index is 12.0. The Labute approximate surface area is 127 Å². The van der Waals surface area contributed by atoms with Crippen LogP contribution in [0.2, 0.25) is 5.02 Å². The van der Waals surface area contributed by atoms with Gasteiger partial charge in [0.15, 0.2) is 0 Å². The number of hydrogen-bond acceptors (Lipinski definition) is 4. The summed E-state index contributed by atoms with van der Waals surface area (Å²) in [6.45, 7) is 0.818. The van der Waals surface area contributed by atoms with Crippen LogP contribution in [-0.4, -0.2) is 21.5 Å². The molecule has 0 saturated carbocycles. The molecule has 0 spiro atoms. The van der Waals surface area contributed by atoms with E-state index in [1.165, 1.54) is 11.3 Å². The Morgan fingerprint density at radius 2 is 2.05 bits per heavy atom. The predicted octanol–water partition coefficient (Wildman–Crippen LogP) is 2.60. The van der Waals surface area contributed by atoms with Crippen LogP contribution in [0.3, 0.4) is 0 Å². The molecule has 0 aliphatic rings. The van der Waals surface area contributed by atoms with Gasteiger partial charge in [-0.2, -0.15) is 0 Å². The zero-order valence-corrected chi connectivity index (χ0v) is 13.1. The normalized spacial score (nSPS) is 11.5. The SMILES string of the molecule is Cl.NCCCNS(=O)(=O)c1cc2cc(Cl)ccc2s1. The Kier molecular flexibility index (Phi) is 6.04. The maximum atomic E-state index is 12.0. The van der Waals surface area contributed by atoms with Crippen molar-refractivity contribution >= 4 is 55.5 Å². The fourth-order valence-corrected chi connectivity index (χ4v) is 4.18. The summed E-state index contributed by atoms with van der Waals surface area (Å²) in [4.78, 5) is 0. The zero-order chi connectivity index (χ0) is 13.2. The lowest BCUT2D eigenvalue weighted by molar-refractivity contribution is 0.582. The quantitative estimate of drug-likeness (QED) is 0.821. The van der Waals surface area contributed by atoms with Crippen molar-refractivity contribution in [2.24, 2.45) is 5.73 Å². The van der Waals surface area contributed by atoms with Gasteiger partial charge in [0, 0.05) is 16.3 Å². The molecule has 0 radical (unpaired) electrons. The van der Waals surface area contributed by atoms with Crippen LogP contribution in [0.15, 0.2) is 28.5 Å². The molecule has 4 nitrogen and oxygen atoms in total. The first-order valence-electron chi connectivity index (χ1n) is 5.42. The molecule has 0 aliphatic heterocycles. The van der Waals surface area contributed by atoms with Gasteiger partial charge < -0.3 is 5.73 Å². The van der Waals surface area contributed by atoms with E-state index < -0.39 is 10.0 Å². The zero-order valence-electron chi connectivity index (χ0n) is 9.93. The number of thiophene rings is 1. The lowest BCUT2D eigenvalue weighted by atomic mass is 10.3. The number of sulfonamides is 1. The number of rotatable bonds is 5. The Morgan fingerprint density at radius 1 is 1.32 bits per heavy atom. The van der Waals surface area contributed by atoms with E-state index >= 15 is 0 Å². The minimum absolute atomic E-state index is 0. The highest BCUT2D eigenvalue weighted by Gasteiger charge is 2.16. The number of halogens is 2. The van der Waals surface area contributed by atoms with Crippen LogP contribution in [0, 0.1) is 0 Å². The topological polar surface area (TPSA) is 72.2 Å². The monoisotopic (exact) mass is 340 g/mol. The predicted molar refractivity (Wildman–Crippen MR) is 82.9 cm³/mol. The molecule has 8 heteroatoms. The van der Waals surface area contributed by atoms with E-state index in [-0.39, 0.29) is 12.4 Å². The van der Waals surface area contributed by atoms with Gasteiger partial charge in [0.1, 0.15) is 4.21 Å². The lowest BCUT2D eigenvalue weighted by Crippen LogP contribution is -2.25. The van der Waals surface area contributed by atoms with Crippen LogP contribution in [-0.2, 0) is 10.0 Å². The summed E-state index contributed by atoms with van der Waals surface area (Å²) in [5.41, 5.74) is 5.33. The lowest BCUT2D eigenvalue weighted by Gasteiger charge is -2.02. The van der Waals surface area contributed by atoms with E-state index in [1.54, 1.807) is 18.2 Å². The molecule has 0 fully saturated rings. The van der Waals surface area contributed by atoms with Gasteiger partial charge in [-0.1, -0.05) is 11.6 Å². The third-order valence-electron chi connectivity index (χ3n) is 2.39. The second-order valence-electron chi connectivity index (χ2n) is 3.79. The molecule has 0 unspecified atom stereocenters. The molecule has 0 saturated heterocycles. The van der Waals surface area contributed by atoms with Crippen molar-refractivity contribution < 1.29 is 8.42 Å². The Balaban J connectivity index is 0.00000180. The van der Waals surface area contributed by atoms with Crippen molar-refractivity contribution in [3.8, 4) is 0 Å². The van der Waals surface area contributed by atoms with Crippen molar-refractivity contribution in [2.45, 2.75) is 10.6 Å². The van der Waals surface area contributed by atoms with E-state index in [9.17, 15) is 8.42 Å². The van der Waals surface area contributed by atoms with Crippen LogP contribution in [0.25, 0.3) is 10.1 Å². The summed E-state index contributed by atoms with van der Waals surface area (Å²) in [5, 5.41) is 1.44. The fraction of sp³-hybridized carbons (Fsp3) is 0.273. The molecule has 0 bridgehead atoms. The molecule has 19 heavy (non-hydrogen) atoms. The maximum Gasteiger partial charge on any atom is 0.250 e. The summed E-state index contributed by atoms with van der Waals surface area (Å²) in [7, 11) is -3.44. The van der Waals surface area contributed by atoms with Crippen LogP contribution in [0.5, 0.6) is 0 Å². The van der Waals surface area contributed by atoms with E-state index in [2.05, 4.69) is 4.72 Å². The molecule has 1 aromatic carbocycles. The van der Waals surface area contributed by atoms with E-state index in [0.717, 1.165) is 10.1 Å². The molecule has 0 aliphatic carbocycles. The van der Waals surface area contributed by atoms with Gasteiger partial charge >= 0.3 is 0 Å². The van der Waals surface area contributed by atoms with E-state index in [4.69, 9.17) is 17.3 Å². The number of nitrogens with one attached hydrogen (secondary N) is 1. The van der Waals surface area contributed by atoms with Crippen LogP contribution < -0.4 is 10.5 Å². The molecule has 1 aromatic heterocycles. The van der Waals surface area contributed by atoms with Gasteiger partial charge in [-0.05, 0) is 42.6 Å². The summed E-state index contributed by atoms with van der Waals surface area (Å²) < 4.78 is 27.7. The standard InChI is InChI=1S/C11H13ClN2O2S2.ClH/c12-9-2-3-10-8(6-9)7-11(17-10)18(15,16)14-5-1-4-13;/h2-3,6-7,14H,1,4-5,13H2;1H. The largest absolute Gasteiger partial charge is 0.330 e. The highest BCUT2D eigenvalue weighted by molar-refractivity contribution is 7.91. The molecular weight excluding hydrogens is 327 g/mol. The van der Waals surface area contributed by atoms with Crippen molar-refractivity contribution in [2.75, 3.05) is 13.1 Å². The van der Waals surface area contributed by atoms with Crippen molar-refractivity contribution in [3.63, 3.8) is 0 Å². The summed E-state index contributed by atoms with van der Waals surface area (Å²) in [6.07, 6.45) is 0.621. The highest BCUT2D eigenvalue weighted by Crippen LogP contribution is 2.30. The second-order valence-corrected chi connectivity index (χ2v) is 7.30. The number of hydrogen-bond donors (Lipinski definition) is 2. The van der Waals surface area contributed by atoms with Gasteiger partial charge in [-0.3, -0.25) is 0 Å². The first-order chi connectivity index (χ1) is 8.53. The average molecular weight is 341 g/mol. The Hall–Kier alpha value is -0.370. The third kappa shape index (κ3) is 4.05. The highest BCUT2D eigenvalue weighted by atomic mass is 35.5. The fourth-order valence-electron chi connectivity index (χ4n) is 1.50. The Bertz CT molecular complexity index is 656. The van der Waals surface area contributed by atoms with Gasteiger partial charge in [0.25, 0.3) is 0 Å². The van der Waals surface area contributed by atoms with Gasteiger partial charge in [0.2, 0.25) is 10.0 Å². The first-order valence-corrected chi connectivity index (χ1v) is 8.09.